The lowest BCUT2D eigenvalue weighted by molar-refractivity contribution is -0.176. The van der Waals surface area contributed by atoms with E-state index in [-0.39, 0.29) is 6.61 Å². The lowest BCUT2D eigenvalue weighted by Crippen LogP contribution is -2.37. The van der Waals surface area contributed by atoms with E-state index >= 15 is 0 Å². The van der Waals surface area contributed by atoms with E-state index in [4.69, 9.17) is 4.74 Å². The summed E-state index contributed by atoms with van der Waals surface area (Å²) in [4.78, 5) is 4.19. The van der Waals surface area contributed by atoms with E-state index in [1.165, 1.54) is 5.56 Å². The second-order valence-electron chi connectivity index (χ2n) is 7.02. The number of nitrogens with one attached hydrogen (secondary N) is 2. The highest BCUT2D eigenvalue weighted by Crippen LogP contribution is 2.15. The van der Waals surface area contributed by atoms with Gasteiger partial charge in [-0.25, -0.2) is 0 Å². The zero-order chi connectivity index (χ0) is 22.4. The number of unbranched alkanes of at least 4 members (excludes halogenated alkanes) is 1. The zero-order valence-corrected chi connectivity index (χ0v) is 17.8. The molecule has 0 aliphatic rings. The van der Waals surface area contributed by atoms with Crippen molar-refractivity contribution in [2.45, 2.75) is 38.8 Å². The summed E-state index contributed by atoms with van der Waals surface area (Å²) in [6.07, 6.45) is -2.39. The van der Waals surface area contributed by atoms with Gasteiger partial charge in [-0.2, -0.15) is 13.2 Å². The van der Waals surface area contributed by atoms with Gasteiger partial charge in [0.15, 0.2) is 5.96 Å². The fraction of sp³-hybridized carbons (Fsp3) is 0.435. The van der Waals surface area contributed by atoms with Crippen LogP contribution in [0.5, 0.6) is 0 Å². The summed E-state index contributed by atoms with van der Waals surface area (Å²) in [6, 6.07) is 17.3. The molecule has 0 aliphatic carbocycles. The van der Waals surface area contributed by atoms with Crippen LogP contribution in [0, 0.1) is 0 Å². The molecule has 0 radical (unpaired) electrons. The molecule has 0 atom stereocenters. The minimum Gasteiger partial charge on any atom is -0.377 e. The van der Waals surface area contributed by atoms with Crippen LogP contribution in [-0.2, 0) is 29.2 Å². The predicted octanol–water partition coefficient (Wildman–Crippen LogP) is 4.43. The Morgan fingerprint density at radius 3 is 2.16 bits per heavy atom. The van der Waals surface area contributed by atoms with Crippen LogP contribution in [0.1, 0.15) is 29.5 Å². The van der Waals surface area contributed by atoms with Gasteiger partial charge in [-0.1, -0.05) is 54.6 Å². The first-order valence-electron chi connectivity index (χ1n) is 10.2. The smallest absolute Gasteiger partial charge is 0.377 e. The Balaban J connectivity index is 1.56. The van der Waals surface area contributed by atoms with Gasteiger partial charge in [0, 0.05) is 26.7 Å². The van der Waals surface area contributed by atoms with Gasteiger partial charge >= 0.3 is 6.18 Å². The molecule has 0 bridgehead atoms. The average Bonchev–Trinajstić information content (AvgIpc) is 2.76. The van der Waals surface area contributed by atoms with E-state index in [9.17, 15) is 13.2 Å². The Morgan fingerprint density at radius 1 is 0.839 bits per heavy atom. The third-order valence-corrected chi connectivity index (χ3v) is 4.36. The standard InChI is InChI=1S/C23H30F3N3O2/c1-27-22(28-13-5-6-14-30-16-20-7-3-2-4-8-20)29-15-19-9-11-21(12-10-19)17-31-18-23(24,25)26/h2-4,7-12H,5-6,13-18H2,1H3,(H2,27,28,29). The van der Waals surface area contributed by atoms with Crippen LogP contribution in [0.3, 0.4) is 0 Å². The molecular weight excluding hydrogens is 407 g/mol. The van der Waals surface area contributed by atoms with E-state index in [2.05, 4.69) is 20.4 Å². The van der Waals surface area contributed by atoms with E-state index in [0.29, 0.717) is 31.3 Å². The number of hydrogen-bond donors (Lipinski definition) is 2. The summed E-state index contributed by atoms with van der Waals surface area (Å²) in [5.41, 5.74) is 2.87. The molecule has 0 amide bonds. The Bertz CT molecular complexity index is 766. The first kappa shape index (κ1) is 24.7. The highest BCUT2D eigenvalue weighted by Gasteiger charge is 2.27. The molecule has 5 nitrogen and oxygen atoms in total. The SMILES string of the molecule is CN=C(NCCCCOCc1ccccc1)NCc1ccc(COCC(F)(F)F)cc1. The number of benzene rings is 2. The summed E-state index contributed by atoms with van der Waals surface area (Å²) in [6.45, 7) is 1.38. The molecule has 0 aromatic heterocycles. The molecule has 2 aromatic rings. The van der Waals surface area contributed by atoms with Crippen molar-refractivity contribution < 1.29 is 22.6 Å². The highest BCUT2D eigenvalue weighted by atomic mass is 19.4. The molecule has 0 aliphatic heterocycles. The maximum atomic E-state index is 12.1. The maximum Gasteiger partial charge on any atom is 0.411 e. The molecule has 2 N–H and O–H groups in total. The van der Waals surface area contributed by atoms with Crippen LogP contribution in [0.4, 0.5) is 13.2 Å². The van der Waals surface area contributed by atoms with Crippen LogP contribution >= 0.6 is 0 Å². The van der Waals surface area contributed by atoms with Crippen LogP contribution < -0.4 is 10.6 Å². The van der Waals surface area contributed by atoms with Gasteiger partial charge < -0.3 is 20.1 Å². The van der Waals surface area contributed by atoms with Gasteiger partial charge in [0.2, 0.25) is 0 Å². The van der Waals surface area contributed by atoms with Crippen molar-refractivity contribution in [1.29, 1.82) is 0 Å². The number of alkyl halides is 3. The molecule has 0 fully saturated rings. The fourth-order valence-electron chi connectivity index (χ4n) is 2.74. The van der Waals surface area contributed by atoms with E-state index in [1.54, 1.807) is 19.2 Å². The molecule has 170 valence electrons. The summed E-state index contributed by atoms with van der Waals surface area (Å²) in [5.74, 6) is 0.697. The summed E-state index contributed by atoms with van der Waals surface area (Å²) < 4.78 is 46.7. The van der Waals surface area contributed by atoms with Crippen molar-refractivity contribution in [1.82, 2.24) is 10.6 Å². The van der Waals surface area contributed by atoms with Gasteiger partial charge in [0.25, 0.3) is 0 Å². The Kier molecular flexibility index (Phi) is 10.9. The number of hydrogen-bond acceptors (Lipinski definition) is 3. The Labute approximate surface area is 181 Å². The lowest BCUT2D eigenvalue weighted by Gasteiger charge is -2.12. The fourth-order valence-corrected chi connectivity index (χ4v) is 2.74. The van der Waals surface area contributed by atoms with E-state index in [1.807, 2.05) is 42.5 Å². The zero-order valence-electron chi connectivity index (χ0n) is 17.8. The third kappa shape index (κ3) is 11.4. The van der Waals surface area contributed by atoms with Crippen molar-refractivity contribution in [2.75, 3.05) is 26.8 Å². The number of nitrogens with zero attached hydrogens (tertiary/aromatic N) is 1. The monoisotopic (exact) mass is 437 g/mol. The van der Waals surface area contributed by atoms with E-state index < -0.39 is 12.8 Å². The Morgan fingerprint density at radius 2 is 1.48 bits per heavy atom. The number of guanidine groups is 1. The lowest BCUT2D eigenvalue weighted by atomic mass is 10.1. The molecule has 0 spiro atoms. The predicted molar refractivity (Wildman–Crippen MR) is 116 cm³/mol. The number of halogens is 3. The summed E-state index contributed by atoms with van der Waals surface area (Å²) in [5, 5.41) is 6.48. The van der Waals surface area contributed by atoms with Gasteiger partial charge in [0.05, 0.1) is 13.2 Å². The minimum absolute atomic E-state index is 0.0640. The number of rotatable bonds is 12. The van der Waals surface area contributed by atoms with E-state index in [0.717, 1.165) is 24.9 Å². The summed E-state index contributed by atoms with van der Waals surface area (Å²) in [7, 11) is 1.71. The molecule has 0 saturated carbocycles. The molecule has 31 heavy (non-hydrogen) atoms. The van der Waals surface area contributed by atoms with Crippen molar-refractivity contribution in [3.05, 3.63) is 71.3 Å². The third-order valence-electron chi connectivity index (χ3n) is 4.36. The summed E-state index contributed by atoms with van der Waals surface area (Å²) >= 11 is 0. The minimum atomic E-state index is -4.30. The molecule has 0 saturated heterocycles. The van der Waals surface area contributed by atoms with Gasteiger partial charge in [-0.3, -0.25) is 4.99 Å². The number of aliphatic imine (C=N–C) groups is 1. The second-order valence-corrected chi connectivity index (χ2v) is 7.02. The molecular formula is C23H30F3N3O2. The van der Waals surface area contributed by atoms with Crippen molar-refractivity contribution in [2.24, 2.45) is 4.99 Å². The molecule has 2 rings (SSSR count). The van der Waals surface area contributed by atoms with Crippen LogP contribution in [0.25, 0.3) is 0 Å². The van der Waals surface area contributed by atoms with Gasteiger partial charge in [0.1, 0.15) is 6.61 Å². The molecule has 0 heterocycles. The van der Waals surface area contributed by atoms with Crippen molar-refractivity contribution in [3.63, 3.8) is 0 Å². The van der Waals surface area contributed by atoms with Crippen LogP contribution in [0.15, 0.2) is 59.6 Å². The largest absolute Gasteiger partial charge is 0.411 e. The number of ether oxygens (including phenoxy) is 2. The highest BCUT2D eigenvalue weighted by molar-refractivity contribution is 5.79. The quantitative estimate of drug-likeness (QED) is 0.293. The van der Waals surface area contributed by atoms with Crippen molar-refractivity contribution in [3.8, 4) is 0 Å². The Hall–Kier alpha value is -2.58. The first-order chi connectivity index (χ1) is 15.0. The molecule has 0 unspecified atom stereocenters. The first-order valence-corrected chi connectivity index (χ1v) is 10.2. The van der Waals surface area contributed by atoms with Crippen molar-refractivity contribution >= 4 is 5.96 Å². The average molecular weight is 438 g/mol. The molecule has 8 heteroatoms. The van der Waals surface area contributed by atoms with Gasteiger partial charge in [-0.15, -0.1) is 0 Å². The second kappa shape index (κ2) is 13.7. The van der Waals surface area contributed by atoms with Gasteiger partial charge in [-0.05, 0) is 29.5 Å². The maximum absolute atomic E-state index is 12.1. The molecule has 2 aromatic carbocycles. The van der Waals surface area contributed by atoms with Crippen LogP contribution in [-0.4, -0.2) is 38.9 Å². The van der Waals surface area contributed by atoms with Crippen LogP contribution in [0.2, 0.25) is 0 Å². The normalized spacial score (nSPS) is 12.1. The topological polar surface area (TPSA) is 54.9 Å².